The third kappa shape index (κ3) is 5.83. The summed E-state index contributed by atoms with van der Waals surface area (Å²) in [5.41, 5.74) is 3.07. The van der Waals surface area contributed by atoms with E-state index in [9.17, 15) is 19.6 Å². The Hall–Kier alpha value is -5.61. The number of imidazole rings is 1. The molecule has 1 fully saturated rings. The molecule has 218 valence electrons. The van der Waals surface area contributed by atoms with Gasteiger partial charge in [0.25, 0.3) is 0 Å². The van der Waals surface area contributed by atoms with Gasteiger partial charge in [0, 0.05) is 42.0 Å². The van der Waals surface area contributed by atoms with Gasteiger partial charge in [0.1, 0.15) is 24.1 Å². The second-order valence-electron chi connectivity index (χ2n) is 11.0. The second kappa shape index (κ2) is 11.6. The van der Waals surface area contributed by atoms with Crippen LogP contribution in [0.3, 0.4) is 0 Å². The van der Waals surface area contributed by atoms with Crippen molar-refractivity contribution in [1.82, 2.24) is 14.5 Å². The van der Waals surface area contributed by atoms with Gasteiger partial charge in [0.15, 0.2) is 0 Å². The number of nitriles is 2. The average molecular weight is 590 g/mol. The van der Waals surface area contributed by atoms with E-state index in [1.165, 1.54) is 24.3 Å². The Bertz CT molecular complexity index is 2000. The molecule has 1 aliphatic carbocycles. The number of hydrogen-bond donors (Lipinski definition) is 1. The molecule has 1 saturated carbocycles. The monoisotopic (exact) mass is 589 g/mol. The first-order chi connectivity index (χ1) is 21.3. The lowest BCUT2D eigenvalue weighted by Gasteiger charge is -2.16. The predicted molar refractivity (Wildman–Crippen MR) is 156 cm³/mol. The van der Waals surface area contributed by atoms with Crippen LogP contribution in [0.5, 0.6) is 5.88 Å². The van der Waals surface area contributed by atoms with E-state index < -0.39 is 17.6 Å². The van der Waals surface area contributed by atoms with Crippen LogP contribution in [0.1, 0.15) is 52.1 Å². The molecule has 0 aliphatic heterocycles. The van der Waals surface area contributed by atoms with Crippen LogP contribution < -0.4 is 4.74 Å². The number of carboxylic acids is 1. The molecule has 0 amide bonds. The first-order valence-electron chi connectivity index (χ1n) is 13.9. The van der Waals surface area contributed by atoms with Crippen molar-refractivity contribution in [2.24, 2.45) is 5.41 Å². The van der Waals surface area contributed by atoms with Gasteiger partial charge in [-0.1, -0.05) is 24.3 Å². The van der Waals surface area contributed by atoms with Crippen LogP contribution in [-0.4, -0.2) is 25.6 Å². The van der Waals surface area contributed by atoms with Gasteiger partial charge in [0.2, 0.25) is 5.88 Å². The van der Waals surface area contributed by atoms with E-state index in [2.05, 4.69) is 11.1 Å². The van der Waals surface area contributed by atoms with Crippen molar-refractivity contribution in [2.45, 2.75) is 38.8 Å². The SMILES string of the molecule is N#CCC1(Cn2c(Cc3ccc(-c4cccc(OCc5ccc(C#N)cc5F)n4)cc3F)nc3ccc(C(=O)O)cc32)CC1. The zero-order chi connectivity index (χ0) is 30.8. The molecular formula is C34H25F2N5O3. The van der Waals surface area contributed by atoms with Gasteiger partial charge in [-0.15, -0.1) is 0 Å². The molecule has 0 unspecified atom stereocenters. The fraction of sp³-hybridized carbons (Fsp3) is 0.206. The zero-order valence-electron chi connectivity index (χ0n) is 23.4. The van der Waals surface area contributed by atoms with E-state index in [1.807, 2.05) is 10.6 Å². The lowest BCUT2D eigenvalue weighted by molar-refractivity contribution is 0.0697. The molecular weight excluding hydrogens is 564 g/mol. The van der Waals surface area contributed by atoms with Crippen LogP contribution >= 0.6 is 0 Å². The number of carboxylic acid groups (broad SMARTS) is 1. The third-order valence-electron chi connectivity index (χ3n) is 7.96. The minimum Gasteiger partial charge on any atom is -0.478 e. The van der Waals surface area contributed by atoms with Crippen LogP contribution in [0.15, 0.2) is 72.8 Å². The van der Waals surface area contributed by atoms with Gasteiger partial charge in [-0.3, -0.25) is 0 Å². The van der Waals surface area contributed by atoms with E-state index in [4.69, 9.17) is 15.0 Å². The molecule has 1 N–H and O–H groups in total. The fourth-order valence-electron chi connectivity index (χ4n) is 5.25. The van der Waals surface area contributed by atoms with Crippen molar-refractivity contribution in [3.8, 4) is 29.3 Å². The topological polar surface area (TPSA) is 125 Å². The van der Waals surface area contributed by atoms with E-state index in [0.717, 1.165) is 18.9 Å². The molecule has 5 aromatic rings. The van der Waals surface area contributed by atoms with E-state index in [1.54, 1.807) is 42.5 Å². The van der Waals surface area contributed by atoms with Crippen LogP contribution in [0.4, 0.5) is 8.78 Å². The Morgan fingerprint density at radius 3 is 2.48 bits per heavy atom. The summed E-state index contributed by atoms with van der Waals surface area (Å²) in [5, 5.41) is 27.8. The number of nitrogens with zero attached hydrogens (tertiary/aromatic N) is 5. The van der Waals surface area contributed by atoms with Gasteiger partial charge in [-0.25, -0.2) is 23.5 Å². The quantitative estimate of drug-likeness (QED) is 0.190. The van der Waals surface area contributed by atoms with Crippen molar-refractivity contribution in [3.63, 3.8) is 0 Å². The maximum atomic E-state index is 15.5. The molecule has 8 nitrogen and oxygen atoms in total. The molecule has 0 bridgehead atoms. The number of benzene rings is 3. The van der Waals surface area contributed by atoms with E-state index >= 15 is 4.39 Å². The Morgan fingerprint density at radius 2 is 1.77 bits per heavy atom. The Morgan fingerprint density at radius 1 is 0.977 bits per heavy atom. The first-order valence-corrected chi connectivity index (χ1v) is 13.9. The molecule has 10 heteroatoms. The summed E-state index contributed by atoms with van der Waals surface area (Å²) in [6.45, 7) is 0.407. The van der Waals surface area contributed by atoms with Crippen molar-refractivity contribution in [3.05, 3.63) is 113 Å². The summed E-state index contributed by atoms with van der Waals surface area (Å²) in [6.07, 6.45) is 2.32. The number of aromatic nitrogens is 3. The van der Waals surface area contributed by atoms with Gasteiger partial charge in [-0.2, -0.15) is 10.5 Å². The molecule has 44 heavy (non-hydrogen) atoms. The highest BCUT2D eigenvalue weighted by atomic mass is 19.1. The highest BCUT2D eigenvalue weighted by Gasteiger charge is 2.43. The first kappa shape index (κ1) is 28.5. The molecule has 0 saturated heterocycles. The number of ether oxygens (including phenoxy) is 1. The van der Waals surface area contributed by atoms with Crippen LogP contribution in [0.25, 0.3) is 22.3 Å². The maximum Gasteiger partial charge on any atom is 0.335 e. The van der Waals surface area contributed by atoms with Crippen molar-refractivity contribution < 1.29 is 23.4 Å². The lowest BCUT2D eigenvalue weighted by Crippen LogP contribution is -2.14. The average Bonchev–Trinajstić information content (AvgIpc) is 3.70. The highest BCUT2D eigenvalue weighted by molar-refractivity contribution is 5.92. The number of hydrogen-bond acceptors (Lipinski definition) is 6. The van der Waals surface area contributed by atoms with Crippen molar-refractivity contribution >= 4 is 17.0 Å². The molecule has 2 aromatic heterocycles. The maximum absolute atomic E-state index is 15.5. The predicted octanol–water partition coefficient (Wildman–Crippen LogP) is 6.81. The second-order valence-corrected chi connectivity index (χ2v) is 11.0. The molecule has 0 spiro atoms. The lowest BCUT2D eigenvalue weighted by atomic mass is 10.0. The van der Waals surface area contributed by atoms with Crippen LogP contribution in [0.2, 0.25) is 0 Å². The van der Waals surface area contributed by atoms with Crippen LogP contribution in [-0.2, 0) is 19.6 Å². The molecule has 1 aliphatic rings. The fourth-order valence-corrected chi connectivity index (χ4v) is 5.25. The number of halogens is 2. The summed E-state index contributed by atoms with van der Waals surface area (Å²) < 4.78 is 37.4. The number of carbonyl (C=O) groups is 1. The number of fused-ring (bicyclic) bond motifs is 1. The Balaban J connectivity index is 1.25. The summed E-state index contributed by atoms with van der Waals surface area (Å²) in [4.78, 5) is 20.8. The van der Waals surface area contributed by atoms with E-state index in [0.29, 0.717) is 46.6 Å². The van der Waals surface area contributed by atoms with Gasteiger partial charge in [-0.05, 0) is 60.9 Å². The molecule has 3 aromatic carbocycles. The normalized spacial score (nSPS) is 13.3. The van der Waals surface area contributed by atoms with Gasteiger partial charge in [0.05, 0.1) is 40.0 Å². The van der Waals surface area contributed by atoms with Crippen molar-refractivity contribution in [2.75, 3.05) is 0 Å². The number of aromatic carboxylic acids is 1. The summed E-state index contributed by atoms with van der Waals surface area (Å²) in [6, 6.07) is 22.9. The molecule has 6 rings (SSSR count). The highest BCUT2D eigenvalue weighted by Crippen LogP contribution is 2.50. The number of pyridine rings is 1. The summed E-state index contributed by atoms with van der Waals surface area (Å²) >= 11 is 0. The molecule has 0 radical (unpaired) electrons. The van der Waals surface area contributed by atoms with Crippen molar-refractivity contribution in [1.29, 1.82) is 10.5 Å². The largest absolute Gasteiger partial charge is 0.478 e. The Kier molecular flexibility index (Phi) is 7.50. The zero-order valence-corrected chi connectivity index (χ0v) is 23.4. The summed E-state index contributed by atoms with van der Waals surface area (Å²) in [7, 11) is 0. The molecule has 2 heterocycles. The third-order valence-corrected chi connectivity index (χ3v) is 7.96. The van der Waals surface area contributed by atoms with Crippen LogP contribution in [0, 0.1) is 39.7 Å². The van der Waals surface area contributed by atoms with Gasteiger partial charge < -0.3 is 14.4 Å². The standard InChI is InChI=1S/C34H25F2N5O3/c35-26-14-21(18-38)4-5-25(26)19-44-32-3-1-2-28(40-32)23-7-6-22(27(36)15-23)17-31-39-29-9-8-24(33(42)43)16-30(29)41(31)20-34(10-11-34)12-13-37/h1-9,14-16H,10-12,17,19-20H2,(H,42,43). The minimum atomic E-state index is -1.05. The van der Waals surface area contributed by atoms with Gasteiger partial charge >= 0.3 is 5.97 Å². The smallest absolute Gasteiger partial charge is 0.335 e. The van der Waals surface area contributed by atoms with E-state index in [-0.39, 0.29) is 41.0 Å². The molecule has 0 atom stereocenters. The Labute approximate surface area is 251 Å². The number of rotatable bonds is 10. The summed E-state index contributed by atoms with van der Waals surface area (Å²) in [5.74, 6) is -1.24. The minimum absolute atomic E-state index is 0.0914.